The lowest BCUT2D eigenvalue weighted by Crippen LogP contribution is -2.43. The van der Waals surface area contributed by atoms with Gasteiger partial charge >= 0.3 is 0 Å². The first-order valence-electron chi connectivity index (χ1n) is 5.20. The molecule has 2 N–H and O–H groups in total. The molecule has 1 aromatic rings. The standard InChI is InChI=1S/C10H17N3OS/c1-7-3-4-13(6-8(7)14-2)10-5-9(11)12-15-10/h5,7-8H,3-4,6H2,1-2H3,(H2,11,12). The lowest BCUT2D eigenvalue weighted by molar-refractivity contribution is 0.0500. The van der Waals surface area contributed by atoms with Crippen LogP contribution in [0.4, 0.5) is 10.8 Å². The van der Waals surface area contributed by atoms with Gasteiger partial charge < -0.3 is 15.4 Å². The SMILES string of the molecule is COC1CN(c2cc(N)ns2)CCC1C. The number of hydrogen-bond acceptors (Lipinski definition) is 5. The number of methoxy groups -OCH3 is 1. The van der Waals surface area contributed by atoms with E-state index in [9.17, 15) is 0 Å². The number of hydrogen-bond donors (Lipinski definition) is 1. The summed E-state index contributed by atoms with van der Waals surface area (Å²) in [7, 11) is 1.78. The minimum Gasteiger partial charge on any atom is -0.383 e. The quantitative estimate of drug-likeness (QED) is 0.833. The molecule has 2 unspecified atom stereocenters. The predicted octanol–water partition coefficient (Wildman–Crippen LogP) is 1.59. The van der Waals surface area contributed by atoms with Gasteiger partial charge in [0.15, 0.2) is 0 Å². The maximum atomic E-state index is 5.62. The fourth-order valence-corrected chi connectivity index (χ4v) is 2.67. The number of nitrogens with two attached hydrogens (primary N) is 1. The fourth-order valence-electron chi connectivity index (χ4n) is 1.97. The van der Waals surface area contributed by atoms with Crippen molar-refractivity contribution in [3.8, 4) is 0 Å². The molecule has 1 saturated heterocycles. The molecule has 1 fully saturated rings. The third kappa shape index (κ3) is 2.23. The number of nitrogen functional groups attached to an aromatic ring is 1. The van der Waals surface area contributed by atoms with E-state index in [0.29, 0.717) is 17.8 Å². The van der Waals surface area contributed by atoms with E-state index >= 15 is 0 Å². The second-order valence-electron chi connectivity index (χ2n) is 4.08. The highest BCUT2D eigenvalue weighted by Gasteiger charge is 2.26. The van der Waals surface area contributed by atoms with Crippen molar-refractivity contribution in [1.29, 1.82) is 0 Å². The third-order valence-electron chi connectivity index (χ3n) is 3.02. The van der Waals surface area contributed by atoms with E-state index in [-0.39, 0.29) is 0 Å². The van der Waals surface area contributed by atoms with Crippen LogP contribution in [0.3, 0.4) is 0 Å². The van der Waals surface area contributed by atoms with E-state index in [1.54, 1.807) is 7.11 Å². The molecule has 0 amide bonds. The summed E-state index contributed by atoms with van der Waals surface area (Å²) in [5.41, 5.74) is 5.62. The molecule has 4 nitrogen and oxygen atoms in total. The molecule has 0 radical (unpaired) electrons. The van der Waals surface area contributed by atoms with Gasteiger partial charge in [-0.3, -0.25) is 0 Å². The molecule has 2 atom stereocenters. The molecule has 0 saturated carbocycles. The van der Waals surface area contributed by atoms with Crippen LogP contribution < -0.4 is 10.6 Å². The van der Waals surface area contributed by atoms with Crippen LogP contribution in [0.25, 0.3) is 0 Å². The Morgan fingerprint density at radius 2 is 2.47 bits per heavy atom. The smallest absolute Gasteiger partial charge is 0.139 e. The van der Waals surface area contributed by atoms with Crippen LogP contribution in [0, 0.1) is 5.92 Å². The summed E-state index contributed by atoms with van der Waals surface area (Å²) < 4.78 is 9.57. The van der Waals surface area contributed by atoms with Gasteiger partial charge in [-0.05, 0) is 23.9 Å². The molecule has 0 bridgehead atoms. The normalized spacial score (nSPS) is 26.9. The number of aromatic nitrogens is 1. The number of rotatable bonds is 2. The summed E-state index contributed by atoms with van der Waals surface area (Å²) in [6.45, 7) is 4.26. The van der Waals surface area contributed by atoms with Crippen LogP contribution in [0.1, 0.15) is 13.3 Å². The highest BCUT2D eigenvalue weighted by Crippen LogP contribution is 2.28. The monoisotopic (exact) mass is 227 g/mol. The van der Waals surface area contributed by atoms with Gasteiger partial charge in [0.2, 0.25) is 0 Å². The van der Waals surface area contributed by atoms with Crippen LogP contribution in [-0.4, -0.2) is 30.7 Å². The Morgan fingerprint density at radius 3 is 3.07 bits per heavy atom. The van der Waals surface area contributed by atoms with Gasteiger partial charge in [0, 0.05) is 26.3 Å². The molecule has 1 aliphatic rings. The Labute approximate surface area is 94.2 Å². The summed E-state index contributed by atoms with van der Waals surface area (Å²) in [4.78, 5) is 2.31. The van der Waals surface area contributed by atoms with Crippen LogP contribution in [0.2, 0.25) is 0 Å². The minimum absolute atomic E-state index is 0.321. The van der Waals surface area contributed by atoms with Gasteiger partial charge in [-0.2, -0.15) is 4.37 Å². The Kier molecular flexibility index (Phi) is 3.11. The molecule has 1 aliphatic heterocycles. The van der Waals surface area contributed by atoms with Crippen LogP contribution in [0.5, 0.6) is 0 Å². The van der Waals surface area contributed by atoms with Crippen LogP contribution in [0.15, 0.2) is 6.07 Å². The maximum Gasteiger partial charge on any atom is 0.139 e. The fraction of sp³-hybridized carbons (Fsp3) is 0.700. The number of ether oxygens (including phenoxy) is 1. The summed E-state index contributed by atoms with van der Waals surface area (Å²) in [5, 5.41) is 1.15. The number of nitrogens with zero attached hydrogens (tertiary/aromatic N) is 2. The minimum atomic E-state index is 0.321. The zero-order valence-corrected chi connectivity index (χ0v) is 9.96. The highest BCUT2D eigenvalue weighted by atomic mass is 32.1. The van der Waals surface area contributed by atoms with Gasteiger partial charge in [0.1, 0.15) is 10.8 Å². The van der Waals surface area contributed by atoms with Gasteiger partial charge in [-0.1, -0.05) is 6.92 Å². The van der Waals surface area contributed by atoms with Crippen molar-refractivity contribution in [2.45, 2.75) is 19.4 Å². The average Bonchev–Trinajstić information content (AvgIpc) is 2.66. The average molecular weight is 227 g/mol. The van der Waals surface area contributed by atoms with E-state index in [1.807, 2.05) is 6.07 Å². The van der Waals surface area contributed by atoms with Crippen molar-refractivity contribution in [2.75, 3.05) is 30.8 Å². The zero-order valence-electron chi connectivity index (χ0n) is 9.14. The van der Waals surface area contributed by atoms with Gasteiger partial charge in [0.05, 0.1) is 6.10 Å². The molecule has 2 rings (SSSR count). The van der Waals surface area contributed by atoms with E-state index in [0.717, 1.165) is 24.5 Å². The van der Waals surface area contributed by atoms with Crippen molar-refractivity contribution in [2.24, 2.45) is 5.92 Å². The van der Waals surface area contributed by atoms with Crippen LogP contribution >= 0.6 is 11.5 Å². The van der Waals surface area contributed by atoms with E-state index < -0.39 is 0 Å². The Hall–Kier alpha value is -0.810. The zero-order chi connectivity index (χ0) is 10.8. The van der Waals surface area contributed by atoms with Crippen molar-refractivity contribution in [3.05, 3.63) is 6.07 Å². The summed E-state index contributed by atoms with van der Waals surface area (Å²) in [5.74, 6) is 1.25. The molecule has 5 heteroatoms. The van der Waals surface area contributed by atoms with Crippen molar-refractivity contribution < 1.29 is 4.74 Å². The predicted molar refractivity (Wildman–Crippen MR) is 63.3 cm³/mol. The molecule has 84 valence electrons. The molecule has 1 aromatic heterocycles. The van der Waals surface area contributed by atoms with E-state index in [1.165, 1.54) is 11.5 Å². The first-order valence-corrected chi connectivity index (χ1v) is 5.98. The number of anilines is 2. The Morgan fingerprint density at radius 1 is 1.67 bits per heavy atom. The summed E-state index contributed by atoms with van der Waals surface area (Å²) in [6, 6.07) is 1.94. The molecular formula is C10H17N3OS. The highest BCUT2D eigenvalue weighted by molar-refractivity contribution is 7.10. The second kappa shape index (κ2) is 4.37. The molecule has 15 heavy (non-hydrogen) atoms. The van der Waals surface area contributed by atoms with Crippen molar-refractivity contribution in [3.63, 3.8) is 0 Å². The third-order valence-corrected chi connectivity index (χ3v) is 3.88. The van der Waals surface area contributed by atoms with E-state index in [2.05, 4.69) is 16.2 Å². The van der Waals surface area contributed by atoms with Crippen molar-refractivity contribution >= 4 is 22.4 Å². The van der Waals surface area contributed by atoms with Gasteiger partial charge in [-0.15, -0.1) is 0 Å². The topological polar surface area (TPSA) is 51.4 Å². The van der Waals surface area contributed by atoms with Crippen LogP contribution in [-0.2, 0) is 4.74 Å². The summed E-state index contributed by atoms with van der Waals surface area (Å²) in [6.07, 6.45) is 1.48. The lowest BCUT2D eigenvalue weighted by Gasteiger charge is -2.36. The maximum absolute atomic E-state index is 5.62. The van der Waals surface area contributed by atoms with Gasteiger partial charge in [0.25, 0.3) is 0 Å². The summed E-state index contributed by atoms with van der Waals surface area (Å²) >= 11 is 1.47. The molecular weight excluding hydrogens is 210 g/mol. The molecule has 0 spiro atoms. The second-order valence-corrected chi connectivity index (χ2v) is 4.86. The Bertz CT molecular complexity index is 328. The first-order chi connectivity index (χ1) is 7.20. The van der Waals surface area contributed by atoms with Gasteiger partial charge in [-0.25, -0.2) is 0 Å². The Balaban J connectivity index is 2.06. The molecule has 0 aromatic carbocycles. The lowest BCUT2D eigenvalue weighted by atomic mass is 9.96. The first kappa shape index (κ1) is 10.7. The number of piperidine rings is 1. The van der Waals surface area contributed by atoms with Crippen molar-refractivity contribution in [1.82, 2.24) is 4.37 Å². The molecule has 0 aliphatic carbocycles. The molecule has 2 heterocycles. The van der Waals surface area contributed by atoms with E-state index in [4.69, 9.17) is 10.5 Å². The largest absolute Gasteiger partial charge is 0.383 e.